The van der Waals surface area contributed by atoms with Gasteiger partial charge in [-0.2, -0.15) is 0 Å². The minimum atomic E-state index is -0.268. The third kappa shape index (κ3) is 2.82. The van der Waals surface area contributed by atoms with Gasteiger partial charge >= 0.3 is 6.09 Å². The third-order valence-electron chi connectivity index (χ3n) is 4.28. The first kappa shape index (κ1) is 15.9. The Bertz CT molecular complexity index is 935. The highest BCUT2D eigenvalue weighted by molar-refractivity contribution is 6.31. The van der Waals surface area contributed by atoms with E-state index in [4.69, 9.17) is 21.3 Å². The number of carbonyl (C=O) groups is 1. The summed E-state index contributed by atoms with van der Waals surface area (Å²) in [5.74, 6) is 0.760. The number of carbonyl (C=O) groups excluding carboxylic acids is 1. The monoisotopic (exact) mass is 360 g/mol. The Balaban J connectivity index is 1.67. The van der Waals surface area contributed by atoms with Gasteiger partial charge < -0.3 is 14.5 Å². The topological polar surface area (TPSA) is 75.9 Å². The molecule has 25 heavy (non-hydrogen) atoms. The fourth-order valence-electron chi connectivity index (χ4n) is 3.04. The number of ether oxygens (including phenoxy) is 1. The lowest BCUT2D eigenvalue weighted by Crippen LogP contribution is -2.49. The van der Waals surface area contributed by atoms with Crippen LogP contribution in [-0.4, -0.2) is 63.4 Å². The van der Waals surface area contributed by atoms with Crippen molar-refractivity contribution in [3.63, 3.8) is 0 Å². The molecule has 1 amide bonds. The Morgan fingerprint density at radius 2 is 2.08 bits per heavy atom. The molecule has 0 atom stereocenters. The van der Waals surface area contributed by atoms with Gasteiger partial charge in [0.05, 0.1) is 17.6 Å². The van der Waals surface area contributed by atoms with Crippen molar-refractivity contribution in [2.75, 3.05) is 37.7 Å². The summed E-state index contributed by atoms with van der Waals surface area (Å²) >= 11 is 6.10. The molecule has 1 aliphatic heterocycles. The lowest BCUT2D eigenvalue weighted by molar-refractivity contribution is 0.105. The van der Waals surface area contributed by atoms with E-state index in [1.165, 1.54) is 0 Å². The summed E-state index contributed by atoms with van der Waals surface area (Å²) in [4.78, 5) is 20.4. The molecular formula is C16H17ClN6O2. The largest absolute Gasteiger partial charge is 0.450 e. The standard InChI is InChI=1S/C16H17ClN6O2/c1-2-25-16(24)22-7-5-21(6-8-22)14-15-20-18-10-23(15)13-9-11(17)3-4-12(13)19-14/h3-4,9-10H,2,5-8H2,1H3. The zero-order valence-corrected chi connectivity index (χ0v) is 14.5. The zero-order valence-electron chi connectivity index (χ0n) is 13.7. The molecule has 3 heterocycles. The summed E-state index contributed by atoms with van der Waals surface area (Å²) in [5, 5.41) is 8.88. The maximum atomic E-state index is 11.8. The predicted octanol–water partition coefficient (Wildman–Crippen LogP) is 2.21. The summed E-state index contributed by atoms with van der Waals surface area (Å²) in [6, 6.07) is 5.55. The van der Waals surface area contributed by atoms with Gasteiger partial charge in [-0.3, -0.25) is 4.40 Å². The van der Waals surface area contributed by atoms with Crippen molar-refractivity contribution < 1.29 is 9.53 Å². The van der Waals surface area contributed by atoms with Gasteiger partial charge in [-0.1, -0.05) is 11.6 Å². The smallest absolute Gasteiger partial charge is 0.409 e. The van der Waals surface area contributed by atoms with Gasteiger partial charge in [0.15, 0.2) is 5.82 Å². The van der Waals surface area contributed by atoms with Crippen LogP contribution in [0.1, 0.15) is 6.92 Å². The Morgan fingerprint density at radius 1 is 1.28 bits per heavy atom. The maximum absolute atomic E-state index is 11.8. The Hall–Kier alpha value is -2.61. The number of fused-ring (bicyclic) bond motifs is 3. The summed E-state index contributed by atoms with van der Waals surface area (Å²) in [6.45, 7) is 4.68. The first-order chi connectivity index (χ1) is 12.2. The highest BCUT2D eigenvalue weighted by atomic mass is 35.5. The van der Waals surface area contributed by atoms with E-state index in [-0.39, 0.29) is 6.09 Å². The number of rotatable bonds is 2. The van der Waals surface area contributed by atoms with E-state index >= 15 is 0 Å². The summed E-state index contributed by atoms with van der Waals surface area (Å²) in [7, 11) is 0. The SMILES string of the molecule is CCOC(=O)N1CCN(c2nc3ccc(Cl)cc3n3cnnc23)CC1. The van der Waals surface area contributed by atoms with Crippen molar-refractivity contribution in [2.45, 2.75) is 6.92 Å². The van der Waals surface area contributed by atoms with Crippen molar-refractivity contribution >= 4 is 40.2 Å². The van der Waals surface area contributed by atoms with Crippen molar-refractivity contribution in [3.05, 3.63) is 29.5 Å². The highest BCUT2D eigenvalue weighted by Crippen LogP contribution is 2.26. The van der Waals surface area contributed by atoms with E-state index in [9.17, 15) is 4.79 Å². The molecule has 4 rings (SSSR count). The van der Waals surface area contributed by atoms with Crippen molar-refractivity contribution in [3.8, 4) is 0 Å². The molecule has 1 saturated heterocycles. The number of aromatic nitrogens is 4. The lowest BCUT2D eigenvalue weighted by Gasteiger charge is -2.34. The maximum Gasteiger partial charge on any atom is 0.409 e. The fraction of sp³-hybridized carbons (Fsp3) is 0.375. The summed E-state index contributed by atoms with van der Waals surface area (Å²) in [6.07, 6.45) is 1.39. The number of hydrogen-bond acceptors (Lipinski definition) is 6. The van der Waals surface area contributed by atoms with Crippen molar-refractivity contribution in [1.29, 1.82) is 0 Å². The number of anilines is 1. The van der Waals surface area contributed by atoms with Gasteiger partial charge in [-0.05, 0) is 25.1 Å². The Kier molecular flexibility index (Phi) is 4.04. The molecule has 0 N–H and O–H groups in total. The summed E-state index contributed by atoms with van der Waals surface area (Å²) < 4.78 is 6.95. The average molecular weight is 361 g/mol. The second-order valence-corrected chi connectivity index (χ2v) is 6.20. The van der Waals surface area contributed by atoms with Gasteiger partial charge in [0.25, 0.3) is 0 Å². The first-order valence-electron chi connectivity index (χ1n) is 8.13. The minimum Gasteiger partial charge on any atom is -0.450 e. The molecule has 9 heteroatoms. The fourth-order valence-corrected chi connectivity index (χ4v) is 3.21. The number of nitrogens with zero attached hydrogens (tertiary/aromatic N) is 6. The molecule has 0 spiro atoms. The number of hydrogen-bond donors (Lipinski definition) is 0. The number of benzene rings is 1. The third-order valence-corrected chi connectivity index (χ3v) is 4.51. The van der Waals surface area contributed by atoms with Gasteiger partial charge in [0.2, 0.25) is 5.65 Å². The molecule has 130 valence electrons. The predicted molar refractivity (Wildman–Crippen MR) is 94.1 cm³/mol. The van der Waals surface area contributed by atoms with Crippen LogP contribution in [0.2, 0.25) is 5.02 Å². The van der Waals surface area contributed by atoms with E-state index in [0.29, 0.717) is 43.5 Å². The van der Waals surface area contributed by atoms with Gasteiger partial charge in [0.1, 0.15) is 6.33 Å². The average Bonchev–Trinajstić information content (AvgIpc) is 3.12. The molecule has 1 aromatic carbocycles. The van der Waals surface area contributed by atoms with Crippen LogP contribution >= 0.6 is 11.6 Å². The number of amides is 1. The first-order valence-corrected chi connectivity index (χ1v) is 8.51. The highest BCUT2D eigenvalue weighted by Gasteiger charge is 2.25. The van der Waals surface area contributed by atoms with Crippen LogP contribution in [0.15, 0.2) is 24.5 Å². The molecule has 1 aliphatic rings. The second-order valence-electron chi connectivity index (χ2n) is 5.77. The summed E-state index contributed by atoms with van der Waals surface area (Å²) in [5.41, 5.74) is 2.36. The molecule has 0 unspecified atom stereocenters. The molecule has 8 nitrogen and oxygen atoms in total. The molecule has 0 bridgehead atoms. The van der Waals surface area contributed by atoms with Crippen LogP contribution in [0.3, 0.4) is 0 Å². The van der Waals surface area contributed by atoms with E-state index in [2.05, 4.69) is 15.1 Å². The van der Waals surface area contributed by atoms with Crippen LogP contribution in [0.5, 0.6) is 0 Å². The van der Waals surface area contributed by atoms with Gasteiger partial charge in [0, 0.05) is 31.2 Å². The molecule has 0 aliphatic carbocycles. The van der Waals surface area contributed by atoms with Crippen molar-refractivity contribution in [2.24, 2.45) is 0 Å². The van der Waals surface area contributed by atoms with Gasteiger partial charge in [-0.15, -0.1) is 10.2 Å². The zero-order chi connectivity index (χ0) is 17.4. The van der Waals surface area contributed by atoms with Crippen molar-refractivity contribution in [1.82, 2.24) is 24.5 Å². The van der Waals surface area contributed by atoms with E-state index < -0.39 is 0 Å². The number of halogens is 1. The van der Waals surface area contributed by atoms with Crippen LogP contribution in [0.4, 0.5) is 10.6 Å². The van der Waals surface area contributed by atoms with Crippen LogP contribution < -0.4 is 4.90 Å². The molecule has 0 saturated carbocycles. The van der Waals surface area contributed by atoms with Gasteiger partial charge in [-0.25, -0.2) is 9.78 Å². The number of piperazine rings is 1. The molecule has 1 fully saturated rings. The van der Waals surface area contributed by atoms with Crippen LogP contribution in [0.25, 0.3) is 16.7 Å². The van der Waals surface area contributed by atoms with E-state index in [1.807, 2.05) is 22.6 Å². The quantitative estimate of drug-likeness (QED) is 0.697. The minimum absolute atomic E-state index is 0.268. The van der Waals surface area contributed by atoms with Crippen LogP contribution in [0, 0.1) is 0 Å². The van der Waals surface area contributed by atoms with E-state index in [1.54, 1.807) is 18.2 Å². The molecule has 2 aromatic heterocycles. The normalized spacial score (nSPS) is 15.1. The molecule has 0 radical (unpaired) electrons. The van der Waals surface area contributed by atoms with E-state index in [0.717, 1.165) is 16.9 Å². The van der Waals surface area contributed by atoms with Crippen LogP contribution in [-0.2, 0) is 4.74 Å². The molecular weight excluding hydrogens is 344 g/mol. The lowest BCUT2D eigenvalue weighted by atomic mass is 10.2. The Labute approximate surface area is 149 Å². The Morgan fingerprint density at radius 3 is 2.84 bits per heavy atom. The second kappa shape index (κ2) is 6.36. The molecule has 3 aromatic rings.